The molecule has 0 saturated heterocycles. The first-order chi connectivity index (χ1) is 11.1. The van der Waals surface area contributed by atoms with Crippen LogP contribution in [-0.4, -0.2) is 5.78 Å². The van der Waals surface area contributed by atoms with Crippen LogP contribution < -0.4 is 5.32 Å². The second kappa shape index (κ2) is 7.63. The summed E-state index contributed by atoms with van der Waals surface area (Å²) in [6.07, 6.45) is 3.80. The monoisotopic (exact) mass is 435 g/mol. The highest BCUT2D eigenvalue weighted by Crippen LogP contribution is 2.36. The number of anilines is 1. The fourth-order valence-corrected chi connectivity index (χ4v) is 4.58. The minimum atomic E-state index is -0.000926. The third-order valence-electron chi connectivity index (χ3n) is 4.34. The van der Waals surface area contributed by atoms with Gasteiger partial charge in [-0.15, -0.1) is 0 Å². The Morgan fingerprint density at radius 2 is 1.70 bits per heavy atom. The number of rotatable bonds is 4. The summed E-state index contributed by atoms with van der Waals surface area (Å²) < 4.78 is 2.04. The first-order valence-corrected chi connectivity index (χ1v) is 9.52. The van der Waals surface area contributed by atoms with Crippen LogP contribution in [0.1, 0.15) is 37.3 Å². The molecule has 2 atom stereocenters. The molecule has 1 fully saturated rings. The highest BCUT2D eigenvalue weighted by atomic mass is 79.9. The van der Waals surface area contributed by atoms with Crippen molar-refractivity contribution in [1.82, 2.24) is 0 Å². The number of carbonyl (C=O) groups excluding carboxylic acids is 1. The number of hydrogen-bond acceptors (Lipinski definition) is 2. The zero-order chi connectivity index (χ0) is 16.2. The molecule has 0 amide bonds. The van der Waals surface area contributed by atoms with Crippen molar-refractivity contribution in [1.29, 1.82) is 0 Å². The van der Waals surface area contributed by atoms with Crippen molar-refractivity contribution in [2.45, 2.75) is 31.7 Å². The maximum absolute atomic E-state index is 12.5. The third-order valence-corrected chi connectivity index (χ3v) is 5.26. The molecule has 4 heteroatoms. The van der Waals surface area contributed by atoms with Crippen LogP contribution >= 0.6 is 31.9 Å². The van der Waals surface area contributed by atoms with Gasteiger partial charge in [0.1, 0.15) is 5.78 Å². The fraction of sp³-hybridized carbons (Fsp3) is 0.316. The van der Waals surface area contributed by atoms with Gasteiger partial charge in [0, 0.05) is 27.0 Å². The van der Waals surface area contributed by atoms with Gasteiger partial charge >= 0.3 is 0 Å². The molecule has 0 radical (unpaired) electrons. The van der Waals surface area contributed by atoms with Crippen molar-refractivity contribution < 1.29 is 4.79 Å². The second-order valence-corrected chi connectivity index (χ2v) is 7.84. The molecule has 3 rings (SSSR count). The molecule has 2 aromatic rings. The molecule has 23 heavy (non-hydrogen) atoms. The molecule has 0 bridgehead atoms. The van der Waals surface area contributed by atoms with Gasteiger partial charge in [-0.1, -0.05) is 56.5 Å². The Bertz CT molecular complexity index is 667. The number of halogens is 2. The number of carbonyl (C=O) groups is 1. The molecular weight excluding hydrogens is 418 g/mol. The number of hydrogen-bond donors (Lipinski definition) is 1. The highest BCUT2D eigenvalue weighted by molar-refractivity contribution is 9.11. The summed E-state index contributed by atoms with van der Waals surface area (Å²) in [5.74, 6) is 0.408. The van der Waals surface area contributed by atoms with Crippen LogP contribution in [0.3, 0.4) is 0 Å². The summed E-state index contributed by atoms with van der Waals surface area (Å²) >= 11 is 7.13. The van der Waals surface area contributed by atoms with Crippen LogP contribution in [0, 0.1) is 5.92 Å². The Balaban J connectivity index is 1.96. The molecule has 1 aliphatic rings. The lowest BCUT2D eigenvalue weighted by molar-refractivity contribution is -0.125. The fourth-order valence-electron chi connectivity index (χ4n) is 3.25. The van der Waals surface area contributed by atoms with Crippen LogP contribution in [-0.2, 0) is 4.79 Å². The minimum absolute atomic E-state index is 0.000926. The van der Waals surface area contributed by atoms with Crippen molar-refractivity contribution in [3.8, 4) is 0 Å². The van der Waals surface area contributed by atoms with E-state index >= 15 is 0 Å². The Morgan fingerprint density at radius 3 is 2.35 bits per heavy atom. The lowest BCUT2D eigenvalue weighted by atomic mass is 9.80. The molecule has 2 nitrogen and oxygen atoms in total. The molecular formula is C19H19Br2NO. The third kappa shape index (κ3) is 4.24. The quantitative estimate of drug-likeness (QED) is 0.624. The second-order valence-electron chi connectivity index (χ2n) is 6.01. The molecule has 0 aliphatic heterocycles. The highest BCUT2D eigenvalue weighted by Gasteiger charge is 2.31. The van der Waals surface area contributed by atoms with Crippen molar-refractivity contribution in [2.75, 3.05) is 5.32 Å². The maximum atomic E-state index is 12.5. The number of benzene rings is 2. The zero-order valence-electron chi connectivity index (χ0n) is 12.8. The van der Waals surface area contributed by atoms with Gasteiger partial charge in [0.15, 0.2) is 0 Å². The van der Waals surface area contributed by atoms with E-state index < -0.39 is 0 Å². The molecule has 2 aromatic carbocycles. The summed E-state index contributed by atoms with van der Waals surface area (Å²) in [4.78, 5) is 12.5. The number of nitrogens with one attached hydrogen (secondary N) is 1. The first-order valence-electron chi connectivity index (χ1n) is 7.94. The van der Waals surface area contributed by atoms with Crippen LogP contribution in [0.5, 0.6) is 0 Å². The topological polar surface area (TPSA) is 29.1 Å². The summed E-state index contributed by atoms with van der Waals surface area (Å²) in [5, 5.41) is 3.59. The van der Waals surface area contributed by atoms with Gasteiger partial charge in [0.2, 0.25) is 0 Å². The molecule has 0 spiro atoms. The van der Waals surface area contributed by atoms with Gasteiger partial charge in [-0.3, -0.25) is 4.79 Å². The van der Waals surface area contributed by atoms with Gasteiger partial charge in [0.05, 0.1) is 6.04 Å². The molecule has 120 valence electrons. The first kappa shape index (κ1) is 16.7. The van der Waals surface area contributed by atoms with Crippen LogP contribution in [0.2, 0.25) is 0 Å². The predicted molar refractivity (Wildman–Crippen MR) is 102 cm³/mol. The van der Waals surface area contributed by atoms with E-state index in [4.69, 9.17) is 0 Å². The Morgan fingerprint density at radius 1 is 1.00 bits per heavy atom. The normalized spacial score (nSPS) is 19.4. The van der Waals surface area contributed by atoms with E-state index in [9.17, 15) is 4.79 Å². The Labute approximate surface area is 153 Å². The molecule has 1 aliphatic carbocycles. The number of Topliss-reactive ketones (excluding diaryl/α,β-unsaturated/α-hetero) is 1. The van der Waals surface area contributed by atoms with E-state index in [1.165, 1.54) is 0 Å². The van der Waals surface area contributed by atoms with Crippen LogP contribution in [0.25, 0.3) is 0 Å². The van der Waals surface area contributed by atoms with E-state index in [2.05, 4.69) is 49.3 Å². The lowest BCUT2D eigenvalue weighted by Crippen LogP contribution is -2.30. The predicted octanol–water partition coefficient (Wildman–Crippen LogP) is 6.12. The van der Waals surface area contributed by atoms with Gasteiger partial charge < -0.3 is 5.32 Å². The van der Waals surface area contributed by atoms with Gasteiger partial charge in [-0.25, -0.2) is 0 Å². The summed E-state index contributed by atoms with van der Waals surface area (Å²) in [7, 11) is 0. The molecule has 0 heterocycles. The van der Waals surface area contributed by atoms with E-state index in [-0.39, 0.29) is 12.0 Å². The maximum Gasteiger partial charge on any atom is 0.138 e. The van der Waals surface area contributed by atoms with Gasteiger partial charge in [-0.05, 0) is 48.7 Å². The van der Waals surface area contributed by atoms with E-state index in [0.29, 0.717) is 12.2 Å². The molecule has 0 unspecified atom stereocenters. The largest absolute Gasteiger partial charge is 0.378 e. The average molecular weight is 437 g/mol. The zero-order valence-corrected chi connectivity index (χ0v) is 15.9. The number of para-hydroxylation sites is 1. The SMILES string of the molecule is O=C1CCCC[C@@H]1[C@H](Nc1ccccc1)c1cc(Br)cc(Br)c1. The van der Waals surface area contributed by atoms with Gasteiger partial charge in [0.25, 0.3) is 0 Å². The Hall–Kier alpha value is -1.13. The Kier molecular flexibility index (Phi) is 5.54. The van der Waals surface area contributed by atoms with Crippen molar-refractivity contribution in [3.63, 3.8) is 0 Å². The standard InChI is InChI=1S/C19H19Br2NO/c20-14-10-13(11-15(21)12-14)19(17-8-4-5-9-18(17)23)22-16-6-2-1-3-7-16/h1-3,6-7,10-12,17,19,22H,4-5,8-9H2/t17-,19+/m0/s1. The van der Waals surface area contributed by atoms with E-state index in [1.807, 2.05) is 36.4 Å². The van der Waals surface area contributed by atoms with Crippen LogP contribution in [0.4, 0.5) is 5.69 Å². The van der Waals surface area contributed by atoms with Crippen molar-refractivity contribution in [3.05, 3.63) is 63.0 Å². The van der Waals surface area contributed by atoms with Crippen molar-refractivity contribution in [2.24, 2.45) is 5.92 Å². The van der Waals surface area contributed by atoms with E-state index in [0.717, 1.165) is 39.5 Å². The van der Waals surface area contributed by atoms with Crippen LogP contribution in [0.15, 0.2) is 57.5 Å². The lowest BCUT2D eigenvalue weighted by Gasteiger charge is -2.31. The average Bonchev–Trinajstić information content (AvgIpc) is 2.53. The molecule has 0 aromatic heterocycles. The molecule has 1 N–H and O–H groups in total. The van der Waals surface area contributed by atoms with Crippen molar-refractivity contribution >= 4 is 43.3 Å². The van der Waals surface area contributed by atoms with E-state index in [1.54, 1.807) is 0 Å². The summed E-state index contributed by atoms with van der Waals surface area (Å²) in [5.41, 5.74) is 2.18. The van der Waals surface area contributed by atoms with Gasteiger partial charge in [-0.2, -0.15) is 0 Å². The summed E-state index contributed by atoms with van der Waals surface area (Å²) in [6.45, 7) is 0. The minimum Gasteiger partial charge on any atom is -0.378 e. The molecule has 1 saturated carbocycles. The number of ketones is 1. The summed E-state index contributed by atoms with van der Waals surface area (Å²) in [6, 6.07) is 16.4. The smallest absolute Gasteiger partial charge is 0.138 e.